The van der Waals surface area contributed by atoms with Crippen LogP contribution in [0.2, 0.25) is 0 Å². The minimum Gasteiger partial charge on any atom is -0.328 e. The predicted octanol–water partition coefficient (Wildman–Crippen LogP) is 1.03. The summed E-state index contributed by atoms with van der Waals surface area (Å²) in [5.74, 6) is 1.16. The average Bonchev–Trinajstić information content (AvgIpc) is 2.76. The molecule has 0 bridgehead atoms. The van der Waals surface area contributed by atoms with Crippen molar-refractivity contribution in [2.75, 3.05) is 0 Å². The molecule has 1 saturated carbocycles. The summed E-state index contributed by atoms with van der Waals surface area (Å²) in [4.78, 5) is 0. The van der Waals surface area contributed by atoms with Gasteiger partial charge < -0.3 is 5.73 Å². The zero-order valence-electron chi connectivity index (χ0n) is 7.74. The minimum atomic E-state index is 0.270. The smallest absolute Gasteiger partial charge is 0.151 e. The third-order valence-electron chi connectivity index (χ3n) is 2.69. The Labute approximate surface area is 85.6 Å². The number of rotatable bonds is 2. The zero-order chi connectivity index (χ0) is 9.59. The Bertz CT molecular complexity index is 300. The number of hydrogen-bond donors (Lipinski definition) is 1. The molecule has 1 aliphatic carbocycles. The summed E-state index contributed by atoms with van der Waals surface area (Å²) in [6.45, 7) is 2.06. The second-order valence-corrected chi connectivity index (χ2v) is 4.51. The maximum absolute atomic E-state index is 5.83. The van der Waals surface area contributed by atoms with Gasteiger partial charge in [-0.2, -0.15) is 0 Å². The molecule has 0 amide bonds. The topological polar surface area (TPSA) is 56.7 Å². The molecule has 5 heteroatoms. The maximum Gasteiger partial charge on any atom is 0.151 e. The molecule has 3 unspecified atom stereocenters. The lowest BCUT2D eigenvalue weighted by Crippen LogP contribution is -2.18. The summed E-state index contributed by atoms with van der Waals surface area (Å²) in [6.07, 6.45) is 1.16. The first kappa shape index (κ1) is 9.15. The van der Waals surface area contributed by atoms with Crippen LogP contribution in [0, 0.1) is 5.92 Å². The molecule has 1 aliphatic rings. The highest BCUT2D eigenvalue weighted by Gasteiger charge is 2.44. The van der Waals surface area contributed by atoms with Gasteiger partial charge in [-0.3, -0.25) is 4.68 Å². The molecule has 0 aromatic carbocycles. The fourth-order valence-corrected chi connectivity index (χ4v) is 2.46. The molecule has 0 saturated heterocycles. The van der Waals surface area contributed by atoms with Crippen LogP contribution in [-0.2, 0) is 7.05 Å². The fraction of sp³-hybridized carbons (Fsp3) is 0.750. The van der Waals surface area contributed by atoms with Crippen molar-refractivity contribution in [3.63, 3.8) is 0 Å². The summed E-state index contributed by atoms with van der Waals surface area (Å²) in [5.41, 5.74) is 7.01. The summed E-state index contributed by atoms with van der Waals surface area (Å²) in [6, 6.07) is 0.270. The molecule has 1 fully saturated rings. The normalized spacial score (nSPS) is 28.9. The Morgan fingerprint density at radius 2 is 2.38 bits per heavy atom. The first-order valence-electron chi connectivity index (χ1n) is 4.42. The average molecular weight is 245 g/mol. The van der Waals surface area contributed by atoms with Crippen molar-refractivity contribution in [2.45, 2.75) is 25.3 Å². The van der Waals surface area contributed by atoms with Gasteiger partial charge in [0.25, 0.3) is 0 Å². The summed E-state index contributed by atoms with van der Waals surface area (Å²) in [7, 11) is 1.92. The van der Waals surface area contributed by atoms with Crippen molar-refractivity contribution >= 4 is 15.9 Å². The van der Waals surface area contributed by atoms with Crippen LogP contribution in [0.25, 0.3) is 0 Å². The molecular formula is C8H13BrN4. The molecular weight excluding hydrogens is 232 g/mol. The van der Waals surface area contributed by atoms with Crippen LogP contribution in [0.5, 0.6) is 0 Å². The highest BCUT2D eigenvalue weighted by atomic mass is 79.9. The maximum atomic E-state index is 5.83. The molecule has 0 spiro atoms. The van der Waals surface area contributed by atoms with Gasteiger partial charge in [0.15, 0.2) is 4.60 Å². The molecule has 3 atom stereocenters. The first-order valence-corrected chi connectivity index (χ1v) is 5.21. The highest BCUT2D eigenvalue weighted by Crippen LogP contribution is 2.50. The monoisotopic (exact) mass is 244 g/mol. The quantitative estimate of drug-likeness (QED) is 0.846. The molecule has 1 heterocycles. The summed E-state index contributed by atoms with van der Waals surface area (Å²) in [5, 5.41) is 7.91. The van der Waals surface area contributed by atoms with Crippen LogP contribution in [0.15, 0.2) is 4.60 Å². The van der Waals surface area contributed by atoms with E-state index in [1.54, 1.807) is 0 Å². The summed E-state index contributed by atoms with van der Waals surface area (Å²) >= 11 is 3.40. The van der Waals surface area contributed by atoms with Crippen molar-refractivity contribution in [1.29, 1.82) is 0 Å². The molecule has 2 N–H and O–H groups in total. The Morgan fingerprint density at radius 3 is 2.77 bits per heavy atom. The molecule has 72 valence electrons. The van der Waals surface area contributed by atoms with Gasteiger partial charge in [0.2, 0.25) is 0 Å². The van der Waals surface area contributed by atoms with E-state index in [9.17, 15) is 0 Å². The van der Waals surface area contributed by atoms with Gasteiger partial charge in [-0.15, -0.1) is 5.10 Å². The largest absolute Gasteiger partial charge is 0.328 e. The number of nitrogens with zero attached hydrogens (tertiary/aromatic N) is 3. The van der Waals surface area contributed by atoms with E-state index in [1.807, 2.05) is 11.7 Å². The SMILES string of the molecule is CC(N)C1CC1c1c(Br)nnn1C. The van der Waals surface area contributed by atoms with Crippen molar-refractivity contribution in [3.8, 4) is 0 Å². The van der Waals surface area contributed by atoms with E-state index in [-0.39, 0.29) is 6.04 Å². The molecule has 0 aliphatic heterocycles. The molecule has 1 aromatic rings. The molecule has 13 heavy (non-hydrogen) atoms. The number of aryl methyl sites for hydroxylation is 1. The van der Waals surface area contributed by atoms with Crippen molar-refractivity contribution in [2.24, 2.45) is 18.7 Å². The Morgan fingerprint density at radius 1 is 1.69 bits per heavy atom. The standard InChI is InChI=1S/C8H13BrN4/c1-4(10)5-3-6(5)7-8(9)11-12-13(7)2/h4-6H,3,10H2,1-2H3. The first-order chi connectivity index (χ1) is 6.11. The third-order valence-corrected chi connectivity index (χ3v) is 3.26. The lowest BCUT2D eigenvalue weighted by molar-refractivity contribution is 0.607. The number of nitrogens with two attached hydrogens (primary N) is 1. The molecule has 4 nitrogen and oxygen atoms in total. The second kappa shape index (κ2) is 3.06. The van der Waals surface area contributed by atoms with Crippen molar-refractivity contribution in [3.05, 3.63) is 10.3 Å². The van der Waals surface area contributed by atoms with Crippen molar-refractivity contribution in [1.82, 2.24) is 15.0 Å². The minimum absolute atomic E-state index is 0.270. The lowest BCUT2D eigenvalue weighted by Gasteiger charge is -2.03. The lowest BCUT2D eigenvalue weighted by atomic mass is 10.1. The fourth-order valence-electron chi connectivity index (χ4n) is 1.84. The van der Waals surface area contributed by atoms with Gasteiger partial charge >= 0.3 is 0 Å². The van der Waals surface area contributed by atoms with Crippen LogP contribution < -0.4 is 5.73 Å². The molecule has 1 aromatic heterocycles. The van der Waals surface area contributed by atoms with E-state index in [2.05, 4.69) is 33.2 Å². The van der Waals surface area contributed by atoms with E-state index >= 15 is 0 Å². The van der Waals surface area contributed by atoms with E-state index in [1.165, 1.54) is 5.69 Å². The Balaban J connectivity index is 2.20. The van der Waals surface area contributed by atoms with Gasteiger partial charge in [0.1, 0.15) is 0 Å². The number of halogens is 1. The number of hydrogen-bond acceptors (Lipinski definition) is 3. The molecule has 2 rings (SSSR count). The third kappa shape index (κ3) is 1.50. The second-order valence-electron chi connectivity index (χ2n) is 3.75. The van der Waals surface area contributed by atoms with Gasteiger partial charge in [0.05, 0.1) is 5.69 Å². The van der Waals surface area contributed by atoms with Gasteiger partial charge in [0, 0.05) is 19.0 Å². The van der Waals surface area contributed by atoms with Gasteiger partial charge in [-0.05, 0) is 35.2 Å². The van der Waals surface area contributed by atoms with E-state index < -0.39 is 0 Å². The van der Waals surface area contributed by atoms with Crippen molar-refractivity contribution < 1.29 is 0 Å². The van der Waals surface area contributed by atoms with Crippen LogP contribution >= 0.6 is 15.9 Å². The Hall–Kier alpha value is -0.420. The van der Waals surface area contributed by atoms with Crippen LogP contribution in [-0.4, -0.2) is 21.0 Å². The van der Waals surface area contributed by atoms with Crippen LogP contribution in [0.1, 0.15) is 25.0 Å². The Kier molecular flexibility index (Phi) is 2.15. The predicted molar refractivity (Wildman–Crippen MR) is 53.2 cm³/mol. The van der Waals surface area contributed by atoms with Gasteiger partial charge in [-0.25, -0.2) is 0 Å². The number of aromatic nitrogens is 3. The van der Waals surface area contributed by atoms with E-state index in [0.717, 1.165) is 11.0 Å². The van der Waals surface area contributed by atoms with E-state index in [4.69, 9.17) is 5.73 Å². The van der Waals surface area contributed by atoms with Crippen LogP contribution in [0.4, 0.5) is 0 Å². The summed E-state index contributed by atoms with van der Waals surface area (Å²) < 4.78 is 2.69. The zero-order valence-corrected chi connectivity index (χ0v) is 9.32. The van der Waals surface area contributed by atoms with Gasteiger partial charge in [-0.1, -0.05) is 5.21 Å². The van der Waals surface area contributed by atoms with E-state index in [0.29, 0.717) is 11.8 Å². The van der Waals surface area contributed by atoms with Crippen LogP contribution in [0.3, 0.4) is 0 Å². The highest BCUT2D eigenvalue weighted by molar-refractivity contribution is 9.10. The molecule has 0 radical (unpaired) electrons.